The van der Waals surface area contributed by atoms with Crippen molar-refractivity contribution in [1.29, 1.82) is 0 Å². The molecule has 0 bridgehead atoms. The highest BCUT2D eigenvalue weighted by Gasteiger charge is 2.26. The fourth-order valence-electron chi connectivity index (χ4n) is 2.99. The van der Waals surface area contributed by atoms with Crippen LogP contribution in [0.4, 0.5) is 0 Å². The number of hydrogen-bond donors (Lipinski definition) is 1. The summed E-state index contributed by atoms with van der Waals surface area (Å²) in [6, 6.07) is 0. The maximum absolute atomic E-state index is 11.8. The molecular weight excluding hydrogens is 318 g/mol. The summed E-state index contributed by atoms with van der Waals surface area (Å²) in [5.41, 5.74) is 1.18. The Kier molecular flexibility index (Phi) is 11.5. The van der Waals surface area contributed by atoms with E-state index in [1.54, 1.807) is 7.11 Å². The monoisotopic (exact) mass is 353 g/mol. The lowest BCUT2D eigenvalue weighted by Gasteiger charge is -2.28. The van der Waals surface area contributed by atoms with E-state index in [1.165, 1.54) is 5.57 Å². The summed E-state index contributed by atoms with van der Waals surface area (Å²) < 4.78 is 17.3. The Hall–Kier alpha value is -1.17. The molecule has 0 aliphatic carbocycles. The molecule has 1 aliphatic rings. The summed E-state index contributed by atoms with van der Waals surface area (Å²) >= 11 is 0. The summed E-state index contributed by atoms with van der Waals surface area (Å²) in [6.45, 7) is 8.15. The molecule has 1 amide bonds. The van der Waals surface area contributed by atoms with Crippen LogP contribution >= 0.6 is 0 Å². The van der Waals surface area contributed by atoms with Gasteiger partial charge in [0.05, 0.1) is 12.7 Å². The van der Waals surface area contributed by atoms with Gasteiger partial charge >= 0.3 is 0 Å². The summed E-state index contributed by atoms with van der Waals surface area (Å²) in [5.74, 6) is 0.00698. The fourth-order valence-corrected chi connectivity index (χ4v) is 2.99. The predicted molar refractivity (Wildman–Crippen MR) is 101 cm³/mol. The van der Waals surface area contributed by atoms with Gasteiger partial charge in [0, 0.05) is 26.2 Å². The molecule has 3 atom stereocenters. The Morgan fingerprint density at radius 3 is 2.88 bits per heavy atom. The van der Waals surface area contributed by atoms with Gasteiger partial charge in [-0.3, -0.25) is 4.79 Å². The lowest BCUT2D eigenvalue weighted by atomic mass is 9.96. The summed E-state index contributed by atoms with van der Waals surface area (Å²) in [5, 5.41) is 2.77. The van der Waals surface area contributed by atoms with E-state index in [0.717, 1.165) is 32.3 Å². The lowest BCUT2D eigenvalue weighted by Crippen LogP contribution is -2.38. The zero-order chi connectivity index (χ0) is 18.5. The van der Waals surface area contributed by atoms with Crippen LogP contribution in [0.5, 0.6) is 0 Å². The number of carbonyl (C=O) groups excluding carboxylic acids is 1. The van der Waals surface area contributed by atoms with Crippen LogP contribution in [0.1, 0.15) is 46.5 Å². The van der Waals surface area contributed by atoms with Crippen LogP contribution in [0.25, 0.3) is 0 Å². The van der Waals surface area contributed by atoms with Crippen LogP contribution in [0.3, 0.4) is 0 Å². The molecule has 0 aromatic rings. The minimum Gasteiger partial charge on any atom is -0.377 e. The summed E-state index contributed by atoms with van der Waals surface area (Å²) in [6.07, 6.45) is 10.4. The maximum Gasteiger partial charge on any atom is 0.246 e. The molecule has 0 fully saturated rings. The first kappa shape index (κ1) is 21.9. The van der Waals surface area contributed by atoms with E-state index >= 15 is 0 Å². The number of rotatable bonds is 5. The first-order valence-electron chi connectivity index (χ1n) is 9.41. The Morgan fingerprint density at radius 2 is 2.16 bits per heavy atom. The molecule has 5 heteroatoms. The van der Waals surface area contributed by atoms with Gasteiger partial charge in [0.15, 0.2) is 0 Å². The predicted octanol–water partition coefficient (Wildman–Crippen LogP) is 3.25. The molecule has 0 unspecified atom stereocenters. The zero-order valence-electron chi connectivity index (χ0n) is 16.3. The molecule has 1 heterocycles. The van der Waals surface area contributed by atoms with Crippen molar-refractivity contribution in [1.82, 2.24) is 5.32 Å². The van der Waals surface area contributed by atoms with E-state index in [2.05, 4.69) is 37.4 Å². The Bertz CT molecular complexity index is 433. The number of methoxy groups -OCH3 is 1. The highest BCUT2D eigenvalue weighted by Crippen LogP contribution is 2.19. The molecule has 0 aromatic carbocycles. The molecule has 0 saturated heterocycles. The van der Waals surface area contributed by atoms with Crippen molar-refractivity contribution in [2.75, 3.05) is 33.5 Å². The van der Waals surface area contributed by atoms with Gasteiger partial charge < -0.3 is 19.5 Å². The van der Waals surface area contributed by atoms with Crippen molar-refractivity contribution in [2.24, 2.45) is 5.92 Å². The van der Waals surface area contributed by atoms with Crippen molar-refractivity contribution in [2.45, 2.75) is 58.7 Å². The topological polar surface area (TPSA) is 56.8 Å². The van der Waals surface area contributed by atoms with Crippen molar-refractivity contribution in [3.63, 3.8) is 0 Å². The molecule has 1 aliphatic heterocycles. The number of ether oxygens (including phenoxy) is 3. The second kappa shape index (κ2) is 13.1. The van der Waals surface area contributed by atoms with Crippen LogP contribution in [-0.2, 0) is 19.0 Å². The molecule has 25 heavy (non-hydrogen) atoms. The van der Waals surface area contributed by atoms with E-state index in [0.29, 0.717) is 13.2 Å². The first-order valence-corrected chi connectivity index (χ1v) is 9.41. The molecular formula is C20H35NO4. The van der Waals surface area contributed by atoms with E-state index in [1.807, 2.05) is 6.92 Å². The van der Waals surface area contributed by atoms with Gasteiger partial charge in [0.25, 0.3) is 0 Å². The normalized spacial score (nSPS) is 29.9. The zero-order valence-corrected chi connectivity index (χ0v) is 16.3. The van der Waals surface area contributed by atoms with E-state index < -0.39 is 0 Å². The van der Waals surface area contributed by atoms with Gasteiger partial charge in [-0.2, -0.15) is 0 Å². The highest BCUT2D eigenvalue weighted by molar-refractivity contribution is 5.77. The molecule has 0 radical (unpaired) electrons. The summed E-state index contributed by atoms with van der Waals surface area (Å²) in [7, 11) is 1.69. The van der Waals surface area contributed by atoms with E-state index in [9.17, 15) is 4.79 Å². The summed E-state index contributed by atoms with van der Waals surface area (Å²) in [4.78, 5) is 11.8. The van der Waals surface area contributed by atoms with Crippen molar-refractivity contribution in [3.8, 4) is 0 Å². The maximum atomic E-state index is 11.8. The molecule has 0 saturated carbocycles. The van der Waals surface area contributed by atoms with Crippen molar-refractivity contribution < 1.29 is 19.0 Å². The number of hydrogen-bond acceptors (Lipinski definition) is 4. The Morgan fingerprint density at radius 1 is 1.36 bits per heavy atom. The highest BCUT2D eigenvalue weighted by atomic mass is 16.5. The number of allylic oxidation sites excluding steroid dienone is 1. The van der Waals surface area contributed by atoms with E-state index in [4.69, 9.17) is 14.2 Å². The number of amides is 1. The molecule has 0 spiro atoms. The Balaban J connectivity index is 2.87. The molecule has 144 valence electrons. The molecule has 0 aromatic heterocycles. The van der Waals surface area contributed by atoms with Gasteiger partial charge in [0.2, 0.25) is 5.91 Å². The smallest absolute Gasteiger partial charge is 0.246 e. The standard InChI is InChI=1S/C20H35NO4/c1-5-21-19(22)15-25-20-17(3)13-16(2)14-24-12-10-8-6-7-9-11-18(20)23-4/h9,11,13,17-18,20H,5-8,10,12,14-15H2,1-4H3,(H,21,22)/b11-9+,16-13-/t17-,18+,20+/m1/s1. The Labute approximate surface area is 152 Å². The van der Waals surface area contributed by atoms with Gasteiger partial charge in [-0.25, -0.2) is 0 Å². The van der Waals surface area contributed by atoms with Crippen LogP contribution in [0.2, 0.25) is 0 Å². The lowest BCUT2D eigenvalue weighted by molar-refractivity contribution is -0.131. The SMILES string of the molecule is CCNC(=O)CO[C@H]1[C@H](C)/C=C(/C)COCCCCC/C=C/[C@@H]1OC. The van der Waals surface area contributed by atoms with Gasteiger partial charge in [0.1, 0.15) is 12.7 Å². The average molecular weight is 354 g/mol. The van der Waals surface area contributed by atoms with Crippen molar-refractivity contribution >= 4 is 5.91 Å². The third-order valence-electron chi connectivity index (χ3n) is 4.26. The quantitative estimate of drug-likeness (QED) is 0.771. The minimum atomic E-state index is -0.221. The number of carbonyl (C=O) groups is 1. The van der Waals surface area contributed by atoms with E-state index in [-0.39, 0.29) is 30.6 Å². The van der Waals surface area contributed by atoms with Crippen LogP contribution in [0.15, 0.2) is 23.8 Å². The second-order valence-corrected chi connectivity index (χ2v) is 6.63. The average Bonchev–Trinajstić information content (AvgIpc) is 2.58. The van der Waals surface area contributed by atoms with Gasteiger partial charge in [-0.05, 0) is 33.1 Å². The van der Waals surface area contributed by atoms with Gasteiger partial charge in [-0.15, -0.1) is 0 Å². The molecule has 1 rings (SSSR count). The third kappa shape index (κ3) is 9.19. The van der Waals surface area contributed by atoms with Crippen LogP contribution in [-0.4, -0.2) is 51.6 Å². The molecule has 1 N–H and O–H groups in total. The van der Waals surface area contributed by atoms with Gasteiger partial charge in [-0.1, -0.05) is 37.1 Å². The third-order valence-corrected chi connectivity index (χ3v) is 4.26. The minimum absolute atomic E-state index is 0.0416. The molecule has 5 nitrogen and oxygen atoms in total. The number of nitrogens with one attached hydrogen (secondary N) is 1. The fraction of sp³-hybridized carbons (Fsp3) is 0.750. The largest absolute Gasteiger partial charge is 0.377 e. The number of likely N-dealkylation sites (N-methyl/N-ethyl adjacent to an activating group) is 1. The first-order chi connectivity index (χ1) is 12.1. The van der Waals surface area contributed by atoms with Crippen LogP contribution in [0, 0.1) is 5.92 Å². The second-order valence-electron chi connectivity index (χ2n) is 6.63. The van der Waals surface area contributed by atoms with Crippen LogP contribution < -0.4 is 5.32 Å². The van der Waals surface area contributed by atoms with Crippen molar-refractivity contribution in [3.05, 3.63) is 23.8 Å².